The van der Waals surface area contributed by atoms with Gasteiger partial charge >= 0.3 is 0 Å². The molecular weight excluding hydrogens is 339 g/mol. The first kappa shape index (κ1) is 17.6. The summed E-state index contributed by atoms with van der Waals surface area (Å²) in [7, 11) is -3.23. The Morgan fingerprint density at radius 2 is 1.84 bits per heavy atom. The number of rotatable bonds is 5. The van der Waals surface area contributed by atoms with Gasteiger partial charge in [-0.1, -0.05) is 26.0 Å². The van der Waals surface area contributed by atoms with Crippen molar-refractivity contribution < 1.29 is 12.8 Å². The van der Waals surface area contributed by atoms with Crippen LogP contribution < -0.4 is 0 Å². The molecule has 2 aromatic heterocycles. The molecule has 0 aliphatic heterocycles. The van der Waals surface area contributed by atoms with E-state index in [1.165, 1.54) is 18.5 Å². The standard InChI is InChI=1S/C19H21FN2O2S/c1-12(2)10-15(13-4-6-14(7-5-13)25(3,23)24)18-11-16-17(20)8-9-21-19(16)22-18/h4-9,11-12,15H,10H2,1-3H3,(H,21,22)/t15-/m1/s1. The summed E-state index contributed by atoms with van der Waals surface area (Å²) in [4.78, 5) is 7.70. The molecule has 25 heavy (non-hydrogen) atoms. The number of hydrogen-bond acceptors (Lipinski definition) is 3. The molecule has 0 aliphatic rings. The first-order valence-electron chi connectivity index (χ1n) is 8.19. The minimum Gasteiger partial charge on any atom is -0.343 e. The molecule has 6 heteroatoms. The number of aromatic amines is 1. The quantitative estimate of drug-likeness (QED) is 0.738. The number of halogens is 1. The Balaban J connectivity index is 2.06. The molecule has 0 radical (unpaired) electrons. The van der Waals surface area contributed by atoms with Gasteiger partial charge in [-0.3, -0.25) is 0 Å². The molecule has 132 valence electrons. The highest BCUT2D eigenvalue weighted by Gasteiger charge is 2.20. The van der Waals surface area contributed by atoms with Gasteiger partial charge in [0.05, 0.1) is 10.3 Å². The SMILES string of the molecule is CC(C)C[C@H](c1ccc(S(C)(=O)=O)cc1)c1cc2c(F)ccnc2[nH]1. The number of hydrogen-bond donors (Lipinski definition) is 1. The zero-order valence-corrected chi connectivity index (χ0v) is 15.3. The van der Waals surface area contributed by atoms with Crippen LogP contribution in [0, 0.1) is 11.7 Å². The minimum atomic E-state index is -3.23. The summed E-state index contributed by atoms with van der Waals surface area (Å²) in [5.41, 5.74) is 2.40. The van der Waals surface area contributed by atoms with Gasteiger partial charge in [-0.25, -0.2) is 17.8 Å². The average molecular weight is 360 g/mol. The first-order chi connectivity index (χ1) is 11.8. The van der Waals surface area contributed by atoms with E-state index in [1.54, 1.807) is 18.2 Å². The highest BCUT2D eigenvalue weighted by Crippen LogP contribution is 2.33. The van der Waals surface area contributed by atoms with Gasteiger partial charge in [0, 0.05) is 24.1 Å². The van der Waals surface area contributed by atoms with Crippen molar-refractivity contribution in [1.29, 1.82) is 0 Å². The molecule has 2 heterocycles. The van der Waals surface area contributed by atoms with Gasteiger partial charge in [-0.05, 0) is 42.2 Å². The van der Waals surface area contributed by atoms with Crippen LogP contribution in [0.15, 0.2) is 47.5 Å². The maximum atomic E-state index is 14.0. The fourth-order valence-corrected chi connectivity index (χ4v) is 3.69. The zero-order chi connectivity index (χ0) is 18.2. The highest BCUT2D eigenvalue weighted by atomic mass is 32.2. The highest BCUT2D eigenvalue weighted by molar-refractivity contribution is 7.90. The molecule has 0 saturated heterocycles. The topological polar surface area (TPSA) is 62.8 Å². The second-order valence-corrected chi connectivity index (χ2v) is 8.82. The van der Waals surface area contributed by atoms with Gasteiger partial charge in [0.15, 0.2) is 9.84 Å². The molecule has 0 amide bonds. The third-order valence-electron chi connectivity index (χ3n) is 4.29. The fourth-order valence-electron chi connectivity index (χ4n) is 3.06. The van der Waals surface area contributed by atoms with Crippen molar-refractivity contribution in [2.24, 2.45) is 5.92 Å². The van der Waals surface area contributed by atoms with Crippen LogP contribution in [0.4, 0.5) is 4.39 Å². The first-order valence-corrected chi connectivity index (χ1v) is 10.1. The maximum Gasteiger partial charge on any atom is 0.175 e. The number of sulfone groups is 1. The third-order valence-corrected chi connectivity index (χ3v) is 5.42. The van der Waals surface area contributed by atoms with E-state index in [0.717, 1.165) is 17.7 Å². The van der Waals surface area contributed by atoms with Gasteiger partial charge in [0.2, 0.25) is 0 Å². The Morgan fingerprint density at radius 3 is 2.40 bits per heavy atom. The van der Waals surface area contributed by atoms with Crippen LogP contribution in [-0.2, 0) is 9.84 Å². The Hall–Kier alpha value is -2.21. The van der Waals surface area contributed by atoms with Crippen molar-refractivity contribution in [3.8, 4) is 0 Å². The van der Waals surface area contributed by atoms with Gasteiger partial charge in [0.1, 0.15) is 11.5 Å². The number of benzene rings is 1. The van der Waals surface area contributed by atoms with Gasteiger partial charge in [-0.15, -0.1) is 0 Å². The number of fused-ring (bicyclic) bond motifs is 1. The van der Waals surface area contributed by atoms with Crippen molar-refractivity contribution in [3.05, 3.63) is 59.7 Å². The molecule has 3 aromatic rings. The molecule has 3 rings (SSSR count). The molecule has 0 unspecified atom stereocenters. The van der Waals surface area contributed by atoms with E-state index in [2.05, 4.69) is 23.8 Å². The largest absolute Gasteiger partial charge is 0.343 e. The van der Waals surface area contributed by atoms with E-state index in [0.29, 0.717) is 21.8 Å². The predicted octanol–water partition coefficient (Wildman–Crippen LogP) is 4.28. The molecule has 4 nitrogen and oxygen atoms in total. The van der Waals surface area contributed by atoms with Crippen LogP contribution in [0.3, 0.4) is 0 Å². The number of aromatic nitrogens is 2. The van der Waals surface area contributed by atoms with Crippen molar-refractivity contribution in [2.45, 2.75) is 31.1 Å². The van der Waals surface area contributed by atoms with Crippen molar-refractivity contribution in [3.63, 3.8) is 0 Å². The van der Waals surface area contributed by atoms with E-state index in [1.807, 2.05) is 12.1 Å². The smallest absolute Gasteiger partial charge is 0.175 e. The number of nitrogens with one attached hydrogen (secondary N) is 1. The van der Waals surface area contributed by atoms with Crippen LogP contribution in [0.1, 0.15) is 37.4 Å². The van der Waals surface area contributed by atoms with Crippen molar-refractivity contribution >= 4 is 20.9 Å². The molecular formula is C19H21FN2O2S. The van der Waals surface area contributed by atoms with E-state index < -0.39 is 9.84 Å². The number of H-pyrrole nitrogens is 1. The van der Waals surface area contributed by atoms with Crippen LogP contribution in [0.25, 0.3) is 11.0 Å². The second-order valence-electron chi connectivity index (χ2n) is 6.80. The van der Waals surface area contributed by atoms with Crippen LogP contribution in [-0.4, -0.2) is 24.6 Å². The Kier molecular flexibility index (Phi) is 4.64. The summed E-state index contributed by atoms with van der Waals surface area (Å²) in [6.07, 6.45) is 3.49. The molecule has 0 fully saturated rings. The van der Waals surface area contributed by atoms with Gasteiger partial charge in [-0.2, -0.15) is 0 Å². The lowest BCUT2D eigenvalue weighted by Gasteiger charge is -2.19. The predicted molar refractivity (Wildman–Crippen MR) is 96.9 cm³/mol. The molecule has 0 bridgehead atoms. The molecule has 0 spiro atoms. The second kappa shape index (κ2) is 6.59. The molecule has 0 saturated carbocycles. The van der Waals surface area contributed by atoms with Crippen LogP contribution >= 0.6 is 0 Å². The lowest BCUT2D eigenvalue weighted by atomic mass is 9.88. The van der Waals surface area contributed by atoms with E-state index >= 15 is 0 Å². The Bertz CT molecular complexity index is 992. The van der Waals surface area contributed by atoms with Crippen LogP contribution in [0.5, 0.6) is 0 Å². The summed E-state index contributed by atoms with van der Waals surface area (Å²) in [6, 6.07) is 10.1. The maximum absolute atomic E-state index is 14.0. The lowest BCUT2D eigenvalue weighted by Crippen LogP contribution is -2.06. The van der Waals surface area contributed by atoms with E-state index in [-0.39, 0.29) is 11.7 Å². The minimum absolute atomic E-state index is 0.0159. The van der Waals surface area contributed by atoms with Gasteiger partial charge in [0.25, 0.3) is 0 Å². The molecule has 0 aliphatic carbocycles. The normalized spacial score (nSPS) is 13.5. The Labute approximate surface area is 147 Å². The lowest BCUT2D eigenvalue weighted by molar-refractivity contribution is 0.536. The summed E-state index contributed by atoms with van der Waals surface area (Å²) >= 11 is 0. The van der Waals surface area contributed by atoms with E-state index in [9.17, 15) is 12.8 Å². The van der Waals surface area contributed by atoms with E-state index in [4.69, 9.17) is 0 Å². The summed E-state index contributed by atoms with van der Waals surface area (Å²) in [6.45, 7) is 4.25. The molecule has 1 aromatic carbocycles. The molecule has 1 N–H and O–H groups in total. The van der Waals surface area contributed by atoms with Crippen molar-refractivity contribution in [1.82, 2.24) is 9.97 Å². The third kappa shape index (κ3) is 3.74. The number of nitrogens with zero attached hydrogens (tertiary/aromatic N) is 1. The summed E-state index contributed by atoms with van der Waals surface area (Å²) in [5, 5.41) is 0.471. The van der Waals surface area contributed by atoms with Gasteiger partial charge < -0.3 is 4.98 Å². The fraction of sp³-hybridized carbons (Fsp3) is 0.316. The monoisotopic (exact) mass is 360 g/mol. The van der Waals surface area contributed by atoms with Crippen LogP contribution in [0.2, 0.25) is 0 Å². The molecule has 1 atom stereocenters. The van der Waals surface area contributed by atoms with Crippen molar-refractivity contribution in [2.75, 3.05) is 6.26 Å². The number of pyridine rings is 1. The zero-order valence-electron chi connectivity index (χ0n) is 14.5. The average Bonchev–Trinajstić information content (AvgIpc) is 2.97. The Morgan fingerprint density at radius 1 is 1.16 bits per heavy atom. The summed E-state index contributed by atoms with van der Waals surface area (Å²) in [5.74, 6) is 0.134. The summed E-state index contributed by atoms with van der Waals surface area (Å²) < 4.78 is 37.3.